The molecule has 2 rings (SSSR count). The van der Waals surface area contributed by atoms with Gasteiger partial charge in [0.05, 0.1) is 24.6 Å². The molecule has 0 saturated heterocycles. The molecule has 0 unspecified atom stereocenters. The Morgan fingerprint density at radius 3 is 2.23 bits per heavy atom. The standard InChI is InChI=1S/C9H11N8O4P/c10-1-7(18)13-5-2-11-8(12-3-5)9-16-14-6(15-17-9)4-22(19,20)21/h2-3H,1,4,10H2,(H,13,18)(H2,19,20,21). The summed E-state index contributed by atoms with van der Waals surface area (Å²) in [6.45, 7) is -0.167. The third-order valence-corrected chi connectivity index (χ3v) is 2.88. The highest BCUT2D eigenvalue weighted by Gasteiger charge is 2.18. The van der Waals surface area contributed by atoms with E-state index in [0.29, 0.717) is 5.69 Å². The van der Waals surface area contributed by atoms with Gasteiger partial charge in [-0.05, 0) is 0 Å². The zero-order valence-electron chi connectivity index (χ0n) is 11.0. The maximum atomic E-state index is 11.1. The molecular formula is C9H11N8O4P. The number of carbonyl (C=O) groups excluding carboxylic acids is 1. The average Bonchev–Trinajstić information content (AvgIpc) is 2.47. The van der Waals surface area contributed by atoms with Crippen LogP contribution in [0.15, 0.2) is 12.4 Å². The fourth-order valence-electron chi connectivity index (χ4n) is 1.31. The number of anilines is 1. The van der Waals surface area contributed by atoms with Crippen LogP contribution in [0.2, 0.25) is 0 Å². The zero-order chi connectivity index (χ0) is 16.2. The molecule has 0 spiro atoms. The van der Waals surface area contributed by atoms with Gasteiger partial charge in [0.1, 0.15) is 6.16 Å². The van der Waals surface area contributed by atoms with Crippen LogP contribution in [0.3, 0.4) is 0 Å². The van der Waals surface area contributed by atoms with Gasteiger partial charge in [-0.3, -0.25) is 9.36 Å². The van der Waals surface area contributed by atoms with Gasteiger partial charge in [-0.2, -0.15) is 0 Å². The minimum Gasteiger partial charge on any atom is -0.324 e. The summed E-state index contributed by atoms with van der Waals surface area (Å²) < 4.78 is 10.8. The molecule has 0 aromatic carbocycles. The maximum absolute atomic E-state index is 11.1. The second-order valence-electron chi connectivity index (χ2n) is 4.01. The predicted octanol–water partition coefficient (Wildman–Crippen LogP) is -1.70. The highest BCUT2D eigenvalue weighted by Crippen LogP contribution is 2.37. The minimum absolute atomic E-state index is 0.0221. The molecule has 5 N–H and O–H groups in total. The number of nitrogens with zero attached hydrogens (tertiary/aromatic N) is 6. The van der Waals surface area contributed by atoms with E-state index in [9.17, 15) is 9.36 Å². The van der Waals surface area contributed by atoms with Crippen LogP contribution in [0.25, 0.3) is 11.6 Å². The first-order chi connectivity index (χ1) is 10.4. The lowest BCUT2D eigenvalue weighted by Gasteiger charge is -2.03. The number of aromatic nitrogens is 6. The molecular weight excluding hydrogens is 315 g/mol. The Morgan fingerprint density at radius 2 is 1.73 bits per heavy atom. The van der Waals surface area contributed by atoms with E-state index in [1.807, 2.05) is 0 Å². The summed E-state index contributed by atoms with van der Waals surface area (Å²) >= 11 is 0. The monoisotopic (exact) mass is 326 g/mol. The minimum atomic E-state index is -4.28. The normalized spacial score (nSPS) is 11.2. The van der Waals surface area contributed by atoms with Gasteiger partial charge in [0.25, 0.3) is 0 Å². The summed E-state index contributed by atoms with van der Waals surface area (Å²) in [6.07, 6.45) is 1.99. The molecule has 0 aliphatic heterocycles. The first-order valence-electron chi connectivity index (χ1n) is 5.80. The number of nitrogens with two attached hydrogens (primary N) is 1. The van der Waals surface area contributed by atoms with Crippen molar-refractivity contribution in [3.05, 3.63) is 18.2 Å². The Hall–Kier alpha value is -2.40. The lowest BCUT2D eigenvalue weighted by atomic mass is 10.4. The molecule has 2 heterocycles. The number of hydrogen-bond donors (Lipinski definition) is 4. The van der Waals surface area contributed by atoms with Crippen LogP contribution in [0.1, 0.15) is 5.82 Å². The van der Waals surface area contributed by atoms with Crippen molar-refractivity contribution in [2.24, 2.45) is 5.73 Å². The van der Waals surface area contributed by atoms with E-state index in [1.165, 1.54) is 12.4 Å². The van der Waals surface area contributed by atoms with Crippen LogP contribution >= 0.6 is 7.60 Å². The maximum Gasteiger partial charge on any atom is 0.333 e. The van der Waals surface area contributed by atoms with E-state index in [0.717, 1.165) is 0 Å². The van der Waals surface area contributed by atoms with Gasteiger partial charge in [0, 0.05) is 0 Å². The van der Waals surface area contributed by atoms with Crippen molar-refractivity contribution >= 4 is 19.2 Å². The quantitative estimate of drug-likeness (QED) is 0.458. The van der Waals surface area contributed by atoms with Gasteiger partial charge in [-0.25, -0.2) is 9.97 Å². The van der Waals surface area contributed by atoms with E-state index in [4.69, 9.17) is 15.5 Å². The summed E-state index contributed by atoms with van der Waals surface area (Å²) in [5, 5.41) is 16.8. The Bertz CT molecular complexity index is 701. The topological polar surface area (TPSA) is 190 Å². The second kappa shape index (κ2) is 6.58. The molecule has 0 bridgehead atoms. The van der Waals surface area contributed by atoms with Crippen molar-refractivity contribution in [1.82, 2.24) is 30.4 Å². The molecule has 2 aromatic rings. The van der Waals surface area contributed by atoms with Gasteiger partial charge >= 0.3 is 7.60 Å². The van der Waals surface area contributed by atoms with E-state index in [1.54, 1.807) is 0 Å². The lowest BCUT2D eigenvalue weighted by Crippen LogP contribution is -2.22. The average molecular weight is 326 g/mol. The van der Waals surface area contributed by atoms with Crippen molar-refractivity contribution in [2.75, 3.05) is 11.9 Å². The fourth-order valence-corrected chi connectivity index (χ4v) is 1.80. The summed E-state index contributed by atoms with van der Waals surface area (Å²) in [5.74, 6) is -0.513. The molecule has 0 fully saturated rings. The van der Waals surface area contributed by atoms with Crippen LogP contribution in [0.5, 0.6) is 0 Å². The number of hydrogen-bond acceptors (Lipinski definition) is 9. The third kappa shape index (κ3) is 4.56. The molecule has 0 atom stereocenters. The smallest absolute Gasteiger partial charge is 0.324 e. The van der Waals surface area contributed by atoms with Crippen molar-refractivity contribution in [2.45, 2.75) is 6.16 Å². The number of amides is 1. The largest absolute Gasteiger partial charge is 0.333 e. The summed E-state index contributed by atoms with van der Waals surface area (Å²) in [7, 11) is -4.28. The molecule has 13 heteroatoms. The SMILES string of the molecule is NCC(=O)Nc1cnc(-c2nnc(CP(=O)(O)O)nn2)nc1. The summed E-state index contributed by atoms with van der Waals surface area (Å²) in [6, 6.07) is 0. The van der Waals surface area contributed by atoms with Crippen LogP contribution in [0.4, 0.5) is 5.69 Å². The molecule has 0 aliphatic carbocycles. The van der Waals surface area contributed by atoms with Crippen LogP contribution < -0.4 is 11.1 Å². The van der Waals surface area contributed by atoms with Crippen LogP contribution in [-0.4, -0.2) is 52.6 Å². The molecule has 0 saturated carbocycles. The highest BCUT2D eigenvalue weighted by atomic mass is 31.2. The highest BCUT2D eigenvalue weighted by molar-refractivity contribution is 7.50. The zero-order valence-corrected chi connectivity index (χ0v) is 11.9. The molecule has 116 valence electrons. The summed E-state index contributed by atoms with van der Waals surface area (Å²) in [4.78, 5) is 36.5. The molecule has 22 heavy (non-hydrogen) atoms. The first kappa shape index (κ1) is 16.0. The van der Waals surface area contributed by atoms with E-state index in [-0.39, 0.29) is 24.0 Å². The molecule has 2 aromatic heterocycles. The Kier molecular flexibility index (Phi) is 4.78. The van der Waals surface area contributed by atoms with Gasteiger partial charge in [0.15, 0.2) is 5.82 Å². The van der Waals surface area contributed by atoms with E-state index in [2.05, 4.69) is 35.7 Å². The Labute approximate surface area is 123 Å². The van der Waals surface area contributed by atoms with Crippen LogP contribution in [-0.2, 0) is 15.5 Å². The molecule has 0 aliphatic rings. The van der Waals surface area contributed by atoms with Crippen molar-refractivity contribution in [1.29, 1.82) is 0 Å². The van der Waals surface area contributed by atoms with E-state index >= 15 is 0 Å². The summed E-state index contributed by atoms with van der Waals surface area (Å²) in [5.41, 5.74) is 5.50. The molecule has 1 amide bonds. The first-order valence-corrected chi connectivity index (χ1v) is 7.60. The number of rotatable bonds is 5. The van der Waals surface area contributed by atoms with Gasteiger partial charge in [-0.1, -0.05) is 0 Å². The van der Waals surface area contributed by atoms with Gasteiger partial charge in [-0.15, -0.1) is 20.4 Å². The van der Waals surface area contributed by atoms with Crippen molar-refractivity contribution in [3.63, 3.8) is 0 Å². The third-order valence-electron chi connectivity index (χ3n) is 2.19. The van der Waals surface area contributed by atoms with Crippen LogP contribution in [0, 0.1) is 0 Å². The lowest BCUT2D eigenvalue weighted by molar-refractivity contribution is -0.114. The fraction of sp³-hybridized carbons (Fsp3) is 0.222. The number of carbonyl (C=O) groups is 1. The Morgan fingerprint density at radius 1 is 1.14 bits per heavy atom. The van der Waals surface area contributed by atoms with E-state index < -0.39 is 19.7 Å². The molecule has 12 nitrogen and oxygen atoms in total. The van der Waals surface area contributed by atoms with Gasteiger partial charge in [0.2, 0.25) is 17.6 Å². The predicted molar refractivity (Wildman–Crippen MR) is 72.1 cm³/mol. The van der Waals surface area contributed by atoms with Crippen molar-refractivity contribution in [3.8, 4) is 11.6 Å². The number of nitrogens with one attached hydrogen (secondary N) is 1. The molecule has 0 radical (unpaired) electrons. The Balaban J connectivity index is 2.11. The van der Waals surface area contributed by atoms with Crippen molar-refractivity contribution < 1.29 is 19.1 Å². The van der Waals surface area contributed by atoms with Gasteiger partial charge < -0.3 is 20.8 Å². The second-order valence-corrected chi connectivity index (χ2v) is 5.66.